The van der Waals surface area contributed by atoms with Crippen LogP contribution < -0.4 is 16.8 Å². The second-order valence-corrected chi connectivity index (χ2v) is 7.18. The summed E-state index contributed by atoms with van der Waals surface area (Å²) >= 11 is 0. The van der Waals surface area contributed by atoms with Crippen molar-refractivity contribution >= 4 is 34.1 Å². The minimum Gasteiger partial charge on any atom is -0.395 e. The van der Waals surface area contributed by atoms with Gasteiger partial charge >= 0.3 is 0 Å². The number of nitrogens with one attached hydrogen (secondary N) is 2. The van der Waals surface area contributed by atoms with Gasteiger partial charge in [-0.05, 0) is 30.2 Å². The van der Waals surface area contributed by atoms with Crippen LogP contribution in [0.4, 0.5) is 11.4 Å². The highest BCUT2D eigenvalue weighted by atomic mass is 16.2. The lowest BCUT2D eigenvalue weighted by molar-refractivity contribution is -0.115. The van der Waals surface area contributed by atoms with Gasteiger partial charge in [0.15, 0.2) is 11.5 Å². The van der Waals surface area contributed by atoms with Crippen molar-refractivity contribution in [2.45, 2.75) is 13.3 Å². The first kappa shape index (κ1) is 17.8. The summed E-state index contributed by atoms with van der Waals surface area (Å²) < 4.78 is 0. The van der Waals surface area contributed by atoms with Gasteiger partial charge in [-0.15, -0.1) is 0 Å². The molecule has 0 saturated carbocycles. The first-order valence-corrected chi connectivity index (χ1v) is 9.26. The molecule has 0 aliphatic carbocycles. The van der Waals surface area contributed by atoms with Gasteiger partial charge in [0.05, 0.1) is 35.2 Å². The molecule has 0 radical (unpaired) electrons. The third kappa shape index (κ3) is 2.60. The largest absolute Gasteiger partial charge is 0.395 e. The second kappa shape index (κ2) is 6.38. The van der Waals surface area contributed by atoms with Crippen LogP contribution in [-0.2, 0) is 11.2 Å². The summed E-state index contributed by atoms with van der Waals surface area (Å²) in [5, 5.41) is 10.7. The molecule has 30 heavy (non-hydrogen) atoms. The molecule has 0 spiro atoms. The Labute approximate surface area is 170 Å². The average Bonchev–Trinajstić information content (AvgIpc) is 3.33. The number of hydrogen-bond donors (Lipinski definition) is 4. The summed E-state index contributed by atoms with van der Waals surface area (Å²) in [5.74, 6) is -0.611. The number of carbonyl (C=O) groups excluding carboxylic acids is 2. The predicted octanol–water partition coefficient (Wildman–Crippen LogP) is 2.17. The number of primary amides is 1. The molecule has 1 aliphatic rings. The van der Waals surface area contributed by atoms with Crippen LogP contribution in [0.3, 0.4) is 0 Å². The molecular weight excluding hydrogens is 382 g/mol. The fourth-order valence-electron chi connectivity index (χ4n) is 3.85. The van der Waals surface area contributed by atoms with Crippen LogP contribution in [0.2, 0.25) is 0 Å². The van der Waals surface area contributed by atoms with Crippen LogP contribution in [0.1, 0.15) is 21.6 Å². The smallest absolute Gasteiger partial charge is 0.269 e. The van der Waals surface area contributed by atoms with E-state index >= 15 is 0 Å². The lowest BCUT2D eigenvalue weighted by atomic mass is 9.98. The van der Waals surface area contributed by atoms with Crippen LogP contribution in [0.25, 0.3) is 33.5 Å². The standard InChI is InChI=1S/C21H17N7O2/c1-9-5-6-13-12(8-24-28-13)15(9)18-16(22)19(20(23)30)27-21(26-18)11-4-2-3-10-7-14(29)25-17(10)11/h2-6,8H,7,22H2,1H3,(H2,23,30)(H,24,28)(H,25,29). The van der Waals surface area contributed by atoms with E-state index in [0.717, 1.165) is 27.6 Å². The van der Waals surface area contributed by atoms with Crippen LogP contribution in [0, 0.1) is 6.92 Å². The van der Waals surface area contributed by atoms with Gasteiger partial charge in [-0.3, -0.25) is 14.7 Å². The maximum absolute atomic E-state index is 12.1. The number of amides is 2. The monoisotopic (exact) mass is 399 g/mol. The van der Waals surface area contributed by atoms with Gasteiger partial charge in [0.1, 0.15) is 0 Å². The maximum atomic E-state index is 12.1. The molecule has 0 atom stereocenters. The number of rotatable bonds is 3. The summed E-state index contributed by atoms with van der Waals surface area (Å²) in [5.41, 5.74) is 16.8. The fourth-order valence-corrected chi connectivity index (χ4v) is 3.85. The minimum absolute atomic E-state index is 0.0724. The number of aryl methyl sites for hydroxylation is 1. The number of anilines is 2. The average molecular weight is 399 g/mol. The van der Waals surface area contributed by atoms with Gasteiger partial charge in [-0.25, -0.2) is 9.97 Å². The molecule has 9 heteroatoms. The number of aromatic nitrogens is 4. The number of nitrogens with zero attached hydrogens (tertiary/aromatic N) is 3. The Morgan fingerprint density at radius 1 is 1.17 bits per heavy atom. The van der Waals surface area contributed by atoms with Gasteiger partial charge in [0.25, 0.3) is 5.91 Å². The number of hydrogen-bond acceptors (Lipinski definition) is 6. The van der Waals surface area contributed by atoms with E-state index in [9.17, 15) is 9.59 Å². The number of nitrogen functional groups attached to an aromatic ring is 1. The molecule has 0 fully saturated rings. The van der Waals surface area contributed by atoms with Crippen molar-refractivity contribution in [1.82, 2.24) is 20.2 Å². The van der Waals surface area contributed by atoms with E-state index in [4.69, 9.17) is 16.5 Å². The zero-order valence-corrected chi connectivity index (χ0v) is 16.0. The Bertz CT molecular complexity index is 1370. The van der Waals surface area contributed by atoms with Gasteiger partial charge in [-0.2, -0.15) is 5.10 Å². The van der Waals surface area contributed by atoms with Crippen LogP contribution >= 0.6 is 0 Å². The molecule has 2 amide bonds. The van der Waals surface area contributed by atoms with Gasteiger partial charge in [0, 0.05) is 16.5 Å². The topological polar surface area (TPSA) is 153 Å². The SMILES string of the molecule is Cc1ccc2[nH]ncc2c1-c1nc(-c2cccc3c2NC(=O)C3)nc(C(N)=O)c1N. The molecule has 1 aliphatic heterocycles. The van der Waals surface area contributed by atoms with E-state index in [2.05, 4.69) is 20.5 Å². The number of carbonyl (C=O) groups is 2. The highest BCUT2D eigenvalue weighted by Gasteiger charge is 2.25. The molecule has 2 aromatic carbocycles. The number of fused-ring (bicyclic) bond motifs is 2. The molecular formula is C21H17N7O2. The second-order valence-electron chi connectivity index (χ2n) is 7.18. The molecule has 0 unspecified atom stereocenters. The molecule has 3 heterocycles. The van der Waals surface area contributed by atoms with Gasteiger partial charge in [0.2, 0.25) is 5.91 Å². The summed E-state index contributed by atoms with van der Waals surface area (Å²) in [6, 6.07) is 9.30. The molecule has 148 valence electrons. The zero-order valence-electron chi connectivity index (χ0n) is 16.0. The van der Waals surface area contributed by atoms with Crippen LogP contribution in [0.5, 0.6) is 0 Å². The number of nitrogens with two attached hydrogens (primary N) is 2. The Morgan fingerprint density at radius 2 is 2.00 bits per heavy atom. The number of para-hydroxylation sites is 1. The Morgan fingerprint density at radius 3 is 2.80 bits per heavy atom. The van der Waals surface area contributed by atoms with Crippen molar-refractivity contribution in [3.8, 4) is 22.6 Å². The van der Waals surface area contributed by atoms with Crippen molar-refractivity contribution in [3.05, 3.63) is 53.3 Å². The molecule has 9 nitrogen and oxygen atoms in total. The van der Waals surface area contributed by atoms with Crippen LogP contribution in [-0.4, -0.2) is 32.0 Å². The number of H-pyrrole nitrogens is 1. The lowest BCUT2D eigenvalue weighted by Gasteiger charge is -2.15. The Kier molecular flexibility index (Phi) is 3.78. The van der Waals surface area contributed by atoms with Gasteiger partial charge < -0.3 is 16.8 Å². The molecule has 0 bridgehead atoms. The third-order valence-corrected chi connectivity index (χ3v) is 5.26. The molecule has 5 rings (SSSR count). The van der Waals surface area contributed by atoms with E-state index < -0.39 is 5.91 Å². The Hall–Kier alpha value is -4.27. The van der Waals surface area contributed by atoms with E-state index in [-0.39, 0.29) is 29.5 Å². The zero-order chi connectivity index (χ0) is 21.0. The Balaban J connectivity index is 1.83. The normalized spacial score (nSPS) is 12.8. The van der Waals surface area contributed by atoms with E-state index in [1.165, 1.54) is 0 Å². The molecule has 2 aromatic heterocycles. The number of aromatic amines is 1. The quantitative estimate of drug-likeness (QED) is 0.414. The molecule has 0 saturated heterocycles. The van der Waals surface area contributed by atoms with Crippen LogP contribution in [0.15, 0.2) is 36.5 Å². The van der Waals surface area contributed by atoms with Crippen molar-refractivity contribution in [2.75, 3.05) is 11.1 Å². The third-order valence-electron chi connectivity index (χ3n) is 5.26. The molecule has 4 aromatic rings. The van der Waals surface area contributed by atoms with E-state index in [1.807, 2.05) is 31.2 Å². The first-order chi connectivity index (χ1) is 14.4. The van der Waals surface area contributed by atoms with Crippen molar-refractivity contribution in [1.29, 1.82) is 0 Å². The predicted molar refractivity (Wildman–Crippen MR) is 113 cm³/mol. The lowest BCUT2D eigenvalue weighted by Crippen LogP contribution is -2.18. The first-order valence-electron chi connectivity index (χ1n) is 9.26. The summed E-state index contributed by atoms with van der Waals surface area (Å²) in [6.07, 6.45) is 1.96. The highest BCUT2D eigenvalue weighted by Crippen LogP contribution is 2.38. The van der Waals surface area contributed by atoms with E-state index in [1.54, 1.807) is 12.3 Å². The highest BCUT2D eigenvalue weighted by molar-refractivity contribution is 6.06. The van der Waals surface area contributed by atoms with Gasteiger partial charge in [-0.1, -0.05) is 18.2 Å². The van der Waals surface area contributed by atoms with Crippen molar-refractivity contribution < 1.29 is 9.59 Å². The van der Waals surface area contributed by atoms with Crippen molar-refractivity contribution in [3.63, 3.8) is 0 Å². The summed E-state index contributed by atoms with van der Waals surface area (Å²) in [4.78, 5) is 33.1. The van der Waals surface area contributed by atoms with Crippen molar-refractivity contribution in [2.24, 2.45) is 5.73 Å². The summed E-state index contributed by atoms with van der Waals surface area (Å²) in [7, 11) is 0. The maximum Gasteiger partial charge on any atom is 0.269 e. The molecule has 6 N–H and O–H groups in total. The van der Waals surface area contributed by atoms with E-state index in [0.29, 0.717) is 16.9 Å². The summed E-state index contributed by atoms with van der Waals surface area (Å²) in [6.45, 7) is 1.92. The fraction of sp³-hybridized carbons (Fsp3) is 0.0952. The minimum atomic E-state index is -0.758. The number of benzene rings is 2.